The van der Waals surface area contributed by atoms with Gasteiger partial charge in [0.15, 0.2) is 0 Å². The molecule has 0 aliphatic heterocycles. The highest BCUT2D eigenvalue weighted by molar-refractivity contribution is 7.26. The monoisotopic (exact) mass is 640 g/mol. The van der Waals surface area contributed by atoms with Gasteiger partial charge in [0.25, 0.3) is 0 Å². The van der Waals surface area contributed by atoms with Gasteiger partial charge in [0, 0.05) is 48.1 Å². The summed E-state index contributed by atoms with van der Waals surface area (Å²) in [5.74, 6) is 0. The van der Waals surface area contributed by atoms with Crippen LogP contribution in [0.5, 0.6) is 0 Å². The van der Waals surface area contributed by atoms with Crippen LogP contribution in [0.15, 0.2) is 146 Å². The SMILES string of the molecule is N#Cc1ccc2c(c1)c1cc(C#N)ccc1n2-c1ccccc1-c1ccccc1-n1c2ccccc2c2ccc3c4ccccc4sc3c21. The molecule has 0 fully saturated rings. The van der Waals surface area contributed by atoms with Gasteiger partial charge in [0.2, 0.25) is 0 Å². The van der Waals surface area contributed by atoms with Crippen LogP contribution in [-0.2, 0) is 0 Å². The number of para-hydroxylation sites is 3. The fourth-order valence-electron chi connectivity index (χ4n) is 7.70. The van der Waals surface area contributed by atoms with Crippen LogP contribution in [-0.4, -0.2) is 9.13 Å². The maximum absolute atomic E-state index is 9.75. The van der Waals surface area contributed by atoms with Gasteiger partial charge in [0.05, 0.1) is 61.4 Å². The third-order valence-corrected chi connectivity index (χ3v) is 11.0. The molecule has 7 aromatic carbocycles. The molecule has 10 rings (SSSR count). The van der Waals surface area contributed by atoms with Crippen molar-refractivity contribution in [3.05, 3.63) is 157 Å². The number of rotatable bonds is 3. The minimum Gasteiger partial charge on any atom is -0.309 e. The van der Waals surface area contributed by atoms with Crippen LogP contribution in [0.25, 0.3) is 86.3 Å². The second-order valence-electron chi connectivity index (χ2n) is 12.3. The van der Waals surface area contributed by atoms with Crippen molar-refractivity contribution in [3.8, 4) is 34.6 Å². The van der Waals surface area contributed by atoms with E-state index in [1.807, 2.05) is 47.7 Å². The van der Waals surface area contributed by atoms with E-state index < -0.39 is 0 Å². The lowest BCUT2D eigenvalue weighted by Crippen LogP contribution is -2.01. The van der Waals surface area contributed by atoms with Crippen LogP contribution in [0, 0.1) is 22.7 Å². The molecule has 5 heteroatoms. The average Bonchev–Trinajstić information content (AvgIpc) is 3.82. The lowest BCUT2D eigenvalue weighted by molar-refractivity contribution is 1.16. The van der Waals surface area contributed by atoms with Gasteiger partial charge in [-0.3, -0.25) is 0 Å². The summed E-state index contributed by atoms with van der Waals surface area (Å²) in [5.41, 5.74) is 9.85. The Morgan fingerprint density at radius 3 is 1.63 bits per heavy atom. The highest BCUT2D eigenvalue weighted by Crippen LogP contribution is 2.45. The van der Waals surface area contributed by atoms with Gasteiger partial charge in [-0.1, -0.05) is 84.9 Å². The molecule has 0 bridgehead atoms. The minimum absolute atomic E-state index is 0.589. The highest BCUT2D eigenvalue weighted by Gasteiger charge is 2.22. The normalized spacial score (nSPS) is 11.6. The molecule has 10 aromatic rings. The fourth-order valence-corrected chi connectivity index (χ4v) is 8.94. The van der Waals surface area contributed by atoms with Gasteiger partial charge >= 0.3 is 0 Å². The molecule has 0 amide bonds. The van der Waals surface area contributed by atoms with Gasteiger partial charge in [0.1, 0.15) is 0 Å². The number of nitrogens with zero attached hydrogens (tertiary/aromatic N) is 4. The van der Waals surface area contributed by atoms with Crippen molar-refractivity contribution >= 4 is 75.1 Å². The molecule has 226 valence electrons. The summed E-state index contributed by atoms with van der Waals surface area (Å²) >= 11 is 1.86. The summed E-state index contributed by atoms with van der Waals surface area (Å²) < 4.78 is 7.29. The molecule has 0 saturated carbocycles. The molecular weight excluding hydrogens is 617 g/mol. The molecule has 0 unspecified atom stereocenters. The molecule has 0 radical (unpaired) electrons. The molecular formula is C44H24N4S. The van der Waals surface area contributed by atoms with Crippen LogP contribution < -0.4 is 0 Å². The van der Waals surface area contributed by atoms with E-state index in [-0.39, 0.29) is 0 Å². The Bertz CT molecular complexity index is 3010. The average molecular weight is 641 g/mol. The predicted molar refractivity (Wildman–Crippen MR) is 203 cm³/mol. The zero-order valence-electron chi connectivity index (χ0n) is 26.1. The second kappa shape index (κ2) is 10.4. The van der Waals surface area contributed by atoms with E-state index in [2.05, 4.69) is 130 Å². The van der Waals surface area contributed by atoms with Gasteiger partial charge in [-0.25, -0.2) is 0 Å². The zero-order valence-corrected chi connectivity index (χ0v) is 26.9. The Morgan fingerprint density at radius 1 is 0.429 bits per heavy atom. The number of thiophene rings is 1. The van der Waals surface area contributed by atoms with Crippen LogP contribution in [0.2, 0.25) is 0 Å². The van der Waals surface area contributed by atoms with Gasteiger partial charge in [-0.05, 0) is 60.7 Å². The first-order valence-corrected chi connectivity index (χ1v) is 17.0. The number of fused-ring (bicyclic) bond motifs is 10. The molecule has 0 aliphatic rings. The maximum atomic E-state index is 9.75. The first kappa shape index (κ1) is 27.5. The second-order valence-corrected chi connectivity index (χ2v) is 13.4. The number of nitriles is 2. The molecule has 49 heavy (non-hydrogen) atoms. The fraction of sp³-hybridized carbons (Fsp3) is 0. The van der Waals surface area contributed by atoms with E-state index in [1.54, 1.807) is 0 Å². The van der Waals surface area contributed by atoms with Crippen LogP contribution in [0.1, 0.15) is 11.1 Å². The lowest BCUT2D eigenvalue weighted by Gasteiger charge is -2.18. The Kier molecular flexibility index (Phi) is 5.84. The third kappa shape index (κ3) is 3.88. The molecule has 3 heterocycles. The smallest absolute Gasteiger partial charge is 0.0991 e. The van der Waals surface area contributed by atoms with E-state index in [9.17, 15) is 10.5 Å². The van der Waals surface area contributed by atoms with Crippen LogP contribution >= 0.6 is 11.3 Å². The molecule has 3 aromatic heterocycles. The summed E-state index contributed by atoms with van der Waals surface area (Å²) in [4.78, 5) is 0. The van der Waals surface area contributed by atoms with Crippen molar-refractivity contribution < 1.29 is 0 Å². The number of aromatic nitrogens is 2. The Hall–Kier alpha value is -6.66. The molecule has 0 spiro atoms. The van der Waals surface area contributed by atoms with Crippen molar-refractivity contribution in [2.24, 2.45) is 0 Å². The van der Waals surface area contributed by atoms with Crippen LogP contribution in [0.4, 0.5) is 0 Å². The van der Waals surface area contributed by atoms with Gasteiger partial charge < -0.3 is 9.13 Å². The van der Waals surface area contributed by atoms with Crippen molar-refractivity contribution in [1.29, 1.82) is 10.5 Å². The van der Waals surface area contributed by atoms with E-state index in [0.29, 0.717) is 11.1 Å². The van der Waals surface area contributed by atoms with E-state index in [1.165, 1.54) is 36.5 Å². The molecule has 0 atom stereocenters. The first-order chi connectivity index (χ1) is 24.2. The van der Waals surface area contributed by atoms with Gasteiger partial charge in [-0.15, -0.1) is 11.3 Å². The molecule has 0 N–H and O–H groups in total. The van der Waals surface area contributed by atoms with Crippen molar-refractivity contribution in [1.82, 2.24) is 9.13 Å². The first-order valence-electron chi connectivity index (χ1n) is 16.1. The van der Waals surface area contributed by atoms with E-state index in [4.69, 9.17) is 0 Å². The van der Waals surface area contributed by atoms with E-state index >= 15 is 0 Å². The summed E-state index contributed by atoms with van der Waals surface area (Å²) in [7, 11) is 0. The largest absolute Gasteiger partial charge is 0.309 e. The molecule has 0 saturated heterocycles. The van der Waals surface area contributed by atoms with Crippen LogP contribution in [0.3, 0.4) is 0 Å². The Balaban J connectivity index is 1.31. The standard InChI is InChI=1S/C44H24N4S/c45-25-27-17-21-40-35(23-27)36-24-28(26-46)18-22-41(36)47(40)37-13-5-1-9-29(37)30-10-2-6-14-38(30)48-39-15-7-3-11-31(39)33-19-20-34-32-12-4-8-16-42(32)49-44(34)43(33)48/h1-24H. The molecule has 0 aliphatic carbocycles. The minimum atomic E-state index is 0.589. The van der Waals surface area contributed by atoms with E-state index in [0.717, 1.165) is 49.8 Å². The van der Waals surface area contributed by atoms with Crippen molar-refractivity contribution in [2.75, 3.05) is 0 Å². The maximum Gasteiger partial charge on any atom is 0.0991 e. The highest BCUT2D eigenvalue weighted by atomic mass is 32.1. The summed E-state index contributed by atoms with van der Waals surface area (Å²) in [5, 5.41) is 26.4. The quantitative estimate of drug-likeness (QED) is 0.193. The summed E-state index contributed by atoms with van der Waals surface area (Å²) in [6.45, 7) is 0. The third-order valence-electron chi connectivity index (χ3n) is 9.78. The van der Waals surface area contributed by atoms with Crippen molar-refractivity contribution in [2.45, 2.75) is 0 Å². The van der Waals surface area contributed by atoms with Gasteiger partial charge in [-0.2, -0.15) is 10.5 Å². The number of hydrogen-bond acceptors (Lipinski definition) is 3. The molecule has 4 nitrogen and oxygen atoms in total. The topological polar surface area (TPSA) is 57.4 Å². The summed E-state index contributed by atoms with van der Waals surface area (Å²) in [6.07, 6.45) is 0. The summed E-state index contributed by atoms with van der Waals surface area (Å²) in [6, 6.07) is 55.4. The Morgan fingerprint density at radius 2 is 0.959 bits per heavy atom. The predicted octanol–water partition coefficient (Wildman–Crippen LogP) is 11.7. The Labute approximate surface area is 285 Å². The number of benzene rings is 7. The zero-order chi connectivity index (χ0) is 32.6. The van der Waals surface area contributed by atoms with Crippen molar-refractivity contribution in [3.63, 3.8) is 0 Å². The number of hydrogen-bond donors (Lipinski definition) is 0. The lowest BCUT2D eigenvalue weighted by atomic mass is 10.0.